The van der Waals surface area contributed by atoms with Crippen molar-refractivity contribution in [1.82, 2.24) is 15.1 Å². The Hall–Kier alpha value is -1.26. The molecule has 1 N–H and O–H groups in total. The van der Waals surface area contributed by atoms with Crippen LogP contribution in [0, 0.1) is 0 Å². The standard InChI is InChI=1S/C10H20N4O/c1-13(2)10(14(3)4)11-7-9(15)12-8-5-6-8/h8H,5-7H2,1-4H3,(H,12,15). The van der Waals surface area contributed by atoms with Crippen molar-refractivity contribution >= 4 is 11.9 Å². The number of hydrogen-bond donors (Lipinski definition) is 1. The van der Waals surface area contributed by atoms with E-state index in [-0.39, 0.29) is 12.5 Å². The molecule has 1 rings (SSSR count). The van der Waals surface area contributed by atoms with Gasteiger partial charge in [0.15, 0.2) is 5.96 Å². The summed E-state index contributed by atoms with van der Waals surface area (Å²) in [4.78, 5) is 19.4. The van der Waals surface area contributed by atoms with Crippen molar-refractivity contribution in [3.63, 3.8) is 0 Å². The van der Waals surface area contributed by atoms with Gasteiger partial charge in [0.2, 0.25) is 5.91 Å². The number of aliphatic imine (C=N–C) groups is 1. The predicted molar refractivity (Wildman–Crippen MR) is 60.8 cm³/mol. The Labute approximate surface area is 91.1 Å². The van der Waals surface area contributed by atoms with Crippen molar-refractivity contribution in [3.8, 4) is 0 Å². The molecule has 1 aliphatic carbocycles. The second kappa shape index (κ2) is 5.00. The summed E-state index contributed by atoms with van der Waals surface area (Å²) in [6.07, 6.45) is 2.23. The summed E-state index contributed by atoms with van der Waals surface area (Å²) in [5.41, 5.74) is 0. The summed E-state index contributed by atoms with van der Waals surface area (Å²) in [6.45, 7) is 0.211. The van der Waals surface area contributed by atoms with Crippen LogP contribution in [0.2, 0.25) is 0 Å². The Morgan fingerprint density at radius 2 is 1.80 bits per heavy atom. The molecule has 0 aromatic heterocycles. The molecule has 5 heteroatoms. The van der Waals surface area contributed by atoms with Gasteiger partial charge in [-0.2, -0.15) is 0 Å². The van der Waals surface area contributed by atoms with Crippen LogP contribution in [0.4, 0.5) is 0 Å². The van der Waals surface area contributed by atoms with E-state index in [1.807, 2.05) is 38.0 Å². The molecule has 1 fully saturated rings. The Balaban J connectivity index is 2.40. The van der Waals surface area contributed by atoms with E-state index >= 15 is 0 Å². The molecule has 86 valence electrons. The third kappa shape index (κ3) is 4.18. The molecule has 0 saturated heterocycles. The number of amides is 1. The highest BCUT2D eigenvalue weighted by Gasteiger charge is 2.22. The zero-order valence-corrected chi connectivity index (χ0v) is 9.95. The van der Waals surface area contributed by atoms with Gasteiger partial charge in [0.25, 0.3) is 0 Å². The van der Waals surface area contributed by atoms with Crippen LogP contribution in [0.1, 0.15) is 12.8 Å². The van der Waals surface area contributed by atoms with Gasteiger partial charge in [-0.25, -0.2) is 4.99 Å². The summed E-state index contributed by atoms with van der Waals surface area (Å²) in [7, 11) is 7.66. The molecule has 0 aliphatic heterocycles. The van der Waals surface area contributed by atoms with E-state index in [1.54, 1.807) is 0 Å². The molecule has 0 radical (unpaired) electrons. The van der Waals surface area contributed by atoms with Crippen LogP contribution in [-0.2, 0) is 4.79 Å². The quantitative estimate of drug-likeness (QED) is 0.518. The van der Waals surface area contributed by atoms with Gasteiger partial charge in [0.05, 0.1) is 0 Å². The van der Waals surface area contributed by atoms with Gasteiger partial charge in [0, 0.05) is 34.2 Å². The Bertz CT molecular complexity index is 246. The minimum absolute atomic E-state index is 0.0127. The molecule has 0 aromatic rings. The maximum Gasteiger partial charge on any atom is 0.242 e. The zero-order valence-electron chi connectivity index (χ0n) is 9.95. The first-order valence-electron chi connectivity index (χ1n) is 5.19. The lowest BCUT2D eigenvalue weighted by atomic mass is 10.5. The van der Waals surface area contributed by atoms with E-state index in [9.17, 15) is 4.79 Å². The van der Waals surface area contributed by atoms with Gasteiger partial charge in [-0.3, -0.25) is 4.79 Å². The average molecular weight is 212 g/mol. The largest absolute Gasteiger partial charge is 0.352 e. The fourth-order valence-electron chi connectivity index (χ4n) is 1.33. The van der Waals surface area contributed by atoms with Crippen LogP contribution in [0.3, 0.4) is 0 Å². The van der Waals surface area contributed by atoms with E-state index in [2.05, 4.69) is 10.3 Å². The van der Waals surface area contributed by atoms with Crippen LogP contribution in [0.5, 0.6) is 0 Å². The van der Waals surface area contributed by atoms with Crippen LogP contribution in [-0.4, -0.2) is 62.4 Å². The number of hydrogen-bond acceptors (Lipinski definition) is 2. The van der Waals surface area contributed by atoms with Gasteiger partial charge >= 0.3 is 0 Å². The summed E-state index contributed by atoms with van der Waals surface area (Å²) in [5, 5.41) is 2.90. The number of nitrogens with zero attached hydrogens (tertiary/aromatic N) is 3. The number of rotatable bonds is 3. The maximum absolute atomic E-state index is 11.4. The van der Waals surface area contributed by atoms with Gasteiger partial charge < -0.3 is 15.1 Å². The highest BCUT2D eigenvalue weighted by Crippen LogP contribution is 2.18. The molecule has 5 nitrogen and oxygen atoms in total. The van der Waals surface area contributed by atoms with Crippen LogP contribution in [0.15, 0.2) is 4.99 Å². The molecule has 0 heterocycles. The Morgan fingerprint density at radius 3 is 2.20 bits per heavy atom. The van der Waals surface area contributed by atoms with E-state index < -0.39 is 0 Å². The Kier molecular flexibility index (Phi) is 3.94. The summed E-state index contributed by atoms with van der Waals surface area (Å²) in [6, 6.07) is 0.412. The first-order chi connectivity index (χ1) is 7.00. The Morgan fingerprint density at radius 1 is 1.27 bits per heavy atom. The van der Waals surface area contributed by atoms with Crippen molar-refractivity contribution in [2.24, 2.45) is 4.99 Å². The lowest BCUT2D eigenvalue weighted by Crippen LogP contribution is -2.37. The molecule has 0 atom stereocenters. The molecular formula is C10H20N4O. The smallest absolute Gasteiger partial charge is 0.242 e. The third-order valence-electron chi connectivity index (χ3n) is 2.11. The normalized spacial score (nSPS) is 14.4. The fourth-order valence-corrected chi connectivity index (χ4v) is 1.33. The number of carbonyl (C=O) groups is 1. The van der Waals surface area contributed by atoms with Gasteiger partial charge in [-0.15, -0.1) is 0 Å². The van der Waals surface area contributed by atoms with E-state index in [0.29, 0.717) is 6.04 Å². The van der Waals surface area contributed by atoms with Crippen LogP contribution >= 0.6 is 0 Å². The summed E-state index contributed by atoms with van der Waals surface area (Å²) < 4.78 is 0. The topological polar surface area (TPSA) is 47.9 Å². The maximum atomic E-state index is 11.4. The predicted octanol–water partition coefficient (Wildman–Crippen LogP) is -0.256. The van der Waals surface area contributed by atoms with E-state index in [0.717, 1.165) is 18.8 Å². The summed E-state index contributed by atoms with van der Waals surface area (Å²) in [5.74, 6) is 0.819. The van der Waals surface area contributed by atoms with Gasteiger partial charge in [0.1, 0.15) is 6.54 Å². The first-order valence-corrected chi connectivity index (χ1v) is 5.19. The summed E-state index contributed by atoms with van der Waals surface area (Å²) >= 11 is 0. The second-order valence-corrected chi connectivity index (χ2v) is 4.25. The zero-order chi connectivity index (χ0) is 11.4. The van der Waals surface area contributed by atoms with Crippen molar-refractivity contribution in [3.05, 3.63) is 0 Å². The van der Waals surface area contributed by atoms with Crippen molar-refractivity contribution < 1.29 is 4.79 Å². The number of carbonyl (C=O) groups excluding carboxylic acids is 1. The van der Waals surface area contributed by atoms with Crippen molar-refractivity contribution in [2.45, 2.75) is 18.9 Å². The van der Waals surface area contributed by atoms with Crippen LogP contribution < -0.4 is 5.32 Å². The molecule has 0 aromatic carbocycles. The fraction of sp³-hybridized carbons (Fsp3) is 0.800. The molecule has 0 spiro atoms. The second-order valence-electron chi connectivity index (χ2n) is 4.25. The molecular weight excluding hydrogens is 192 g/mol. The minimum Gasteiger partial charge on any atom is -0.352 e. The minimum atomic E-state index is 0.0127. The monoisotopic (exact) mass is 212 g/mol. The van der Waals surface area contributed by atoms with Crippen LogP contribution in [0.25, 0.3) is 0 Å². The van der Waals surface area contributed by atoms with Crippen molar-refractivity contribution in [1.29, 1.82) is 0 Å². The van der Waals surface area contributed by atoms with Gasteiger partial charge in [-0.1, -0.05) is 0 Å². The number of guanidine groups is 1. The lowest BCUT2D eigenvalue weighted by molar-refractivity contribution is -0.119. The SMILES string of the molecule is CN(C)C(=NCC(=O)NC1CC1)N(C)C. The molecule has 15 heavy (non-hydrogen) atoms. The lowest BCUT2D eigenvalue weighted by Gasteiger charge is -2.22. The molecule has 1 saturated carbocycles. The van der Waals surface area contributed by atoms with Gasteiger partial charge in [-0.05, 0) is 12.8 Å². The molecule has 0 unspecified atom stereocenters. The molecule has 0 bridgehead atoms. The molecule has 1 amide bonds. The van der Waals surface area contributed by atoms with Crippen molar-refractivity contribution in [2.75, 3.05) is 34.7 Å². The first kappa shape index (κ1) is 11.8. The molecule has 1 aliphatic rings. The van der Waals surface area contributed by atoms with E-state index in [4.69, 9.17) is 0 Å². The number of nitrogens with one attached hydrogen (secondary N) is 1. The average Bonchev–Trinajstić information content (AvgIpc) is 2.86. The highest BCUT2D eigenvalue weighted by atomic mass is 16.2. The third-order valence-corrected chi connectivity index (χ3v) is 2.11. The van der Waals surface area contributed by atoms with E-state index in [1.165, 1.54) is 0 Å². The highest BCUT2D eigenvalue weighted by molar-refractivity contribution is 5.84.